The zero-order chi connectivity index (χ0) is 17.0. The minimum absolute atomic E-state index is 0.0778. The number of ketones is 1. The molecule has 1 N–H and O–H groups in total. The third-order valence-corrected chi connectivity index (χ3v) is 5.11. The smallest absolute Gasteiger partial charge is 0.219 e. The van der Waals surface area contributed by atoms with Crippen LogP contribution in [0.25, 0.3) is 0 Å². The van der Waals surface area contributed by atoms with E-state index in [0.717, 1.165) is 32.4 Å². The summed E-state index contributed by atoms with van der Waals surface area (Å²) < 4.78 is 0. The molecule has 0 spiro atoms. The van der Waals surface area contributed by atoms with Gasteiger partial charge in [0.15, 0.2) is 5.78 Å². The van der Waals surface area contributed by atoms with Crippen molar-refractivity contribution in [3.05, 3.63) is 23.8 Å². The van der Waals surface area contributed by atoms with Crippen LogP contribution in [-0.2, 0) is 11.2 Å². The molecule has 0 radical (unpaired) electrons. The lowest BCUT2D eigenvalue weighted by molar-refractivity contribution is -0.131. The van der Waals surface area contributed by atoms with Gasteiger partial charge in [0.1, 0.15) is 12.4 Å². The fourth-order valence-corrected chi connectivity index (χ4v) is 3.22. The number of hydrogen-bond acceptors (Lipinski definition) is 5. The maximum absolute atomic E-state index is 11.5. The molecule has 1 saturated heterocycles. The Hall–Kier alpha value is -1.82. The summed E-state index contributed by atoms with van der Waals surface area (Å²) in [6.07, 6.45) is 5.58. The Bertz CT molecular complexity index is 561. The van der Waals surface area contributed by atoms with E-state index in [2.05, 4.69) is 23.8 Å². The standard InChI is InChI=1S/C17H25N3O3/c1-12(2)17(4-6-20(7-5-17)13(3)22)8-16-18-9-14(10-19-16)15(23)11-21/h9-10,12,21H,4-8,11H2,1-3H3. The predicted octanol–water partition coefficient (Wildman–Crippen LogP) is 1.48. The van der Waals surface area contributed by atoms with Gasteiger partial charge in [-0.15, -0.1) is 0 Å². The van der Waals surface area contributed by atoms with E-state index in [1.807, 2.05) is 4.90 Å². The van der Waals surface area contributed by atoms with Crippen molar-refractivity contribution < 1.29 is 14.7 Å². The van der Waals surface area contributed by atoms with Gasteiger partial charge in [0.05, 0.1) is 5.56 Å². The summed E-state index contributed by atoms with van der Waals surface area (Å²) in [5.74, 6) is 0.929. The summed E-state index contributed by atoms with van der Waals surface area (Å²) in [6, 6.07) is 0. The van der Waals surface area contributed by atoms with Crippen molar-refractivity contribution in [2.24, 2.45) is 11.3 Å². The zero-order valence-electron chi connectivity index (χ0n) is 14.1. The molecular formula is C17H25N3O3. The maximum atomic E-state index is 11.5. The van der Waals surface area contributed by atoms with Crippen molar-refractivity contribution >= 4 is 11.7 Å². The molecular weight excluding hydrogens is 294 g/mol. The van der Waals surface area contributed by atoms with Crippen LogP contribution >= 0.6 is 0 Å². The lowest BCUT2D eigenvalue weighted by Crippen LogP contribution is -2.45. The monoisotopic (exact) mass is 319 g/mol. The van der Waals surface area contributed by atoms with Gasteiger partial charge in [-0.3, -0.25) is 9.59 Å². The van der Waals surface area contributed by atoms with Crippen LogP contribution < -0.4 is 0 Å². The van der Waals surface area contributed by atoms with E-state index >= 15 is 0 Å². The number of piperidine rings is 1. The largest absolute Gasteiger partial charge is 0.388 e. The van der Waals surface area contributed by atoms with Crippen LogP contribution in [0.2, 0.25) is 0 Å². The van der Waals surface area contributed by atoms with Crippen LogP contribution in [0.3, 0.4) is 0 Å². The molecule has 1 amide bonds. The number of likely N-dealkylation sites (tertiary alicyclic amines) is 1. The van der Waals surface area contributed by atoms with Crippen molar-refractivity contribution in [2.45, 2.75) is 40.0 Å². The number of rotatable bonds is 5. The van der Waals surface area contributed by atoms with Crippen LogP contribution in [0.1, 0.15) is 49.8 Å². The number of aliphatic hydroxyl groups is 1. The molecule has 1 aromatic rings. The minimum atomic E-state index is -0.528. The summed E-state index contributed by atoms with van der Waals surface area (Å²) in [6.45, 7) is 7.03. The van der Waals surface area contributed by atoms with Crippen molar-refractivity contribution in [1.82, 2.24) is 14.9 Å². The molecule has 1 fully saturated rings. The van der Waals surface area contributed by atoms with Crippen molar-refractivity contribution in [1.29, 1.82) is 0 Å². The van der Waals surface area contributed by atoms with Gasteiger partial charge in [0, 0.05) is 38.8 Å². The fraction of sp³-hybridized carbons (Fsp3) is 0.647. The Morgan fingerprint density at radius 2 is 1.83 bits per heavy atom. The van der Waals surface area contributed by atoms with Gasteiger partial charge in [0.25, 0.3) is 0 Å². The quantitative estimate of drug-likeness (QED) is 0.831. The number of Topliss-reactive ketones (excluding diaryl/α,β-unsaturated/α-hetero) is 1. The van der Waals surface area contributed by atoms with E-state index in [1.165, 1.54) is 12.4 Å². The minimum Gasteiger partial charge on any atom is -0.388 e. The second kappa shape index (κ2) is 7.17. The SMILES string of the molecule is CC(=O)N1CCC(Cc2ncc(C(=O)CO)cn2)(C(C)C)CC1. The maximum Gasteiger partial charge on any atom is 0.219 e. The molecule has 1 aliphatic heterocycles. The summed E-state index contributed by atoms with van der Waals surface area (Å²) in [5.41, 5.74) is 0.412. The number of nitrogens with zero attached hydrogens (tertiary/aromatic N) is 3. The van der Waals surface area contributed by atoms with Gasteiger partial charge in [-0.2, -0.15) is 0 Å². The summed E-state index contributed by atoms with van der Waals surface area (Å²) in [5, 5.41) is 8.86. The third kappa shape index (κ3) is 3.93. The summed E-state index contributed by atoms with van der Waals surface area (Å²) >= 11 is 0. The van der Waals surface area contributed by atoms with Crippen LogP contribution in [0.15, 0.2) is 12.4 Å². The highest BCUT2D eigenvalue weighted by atomic mass is 16.3. The molecule has 0 unspecified atom stereocenters. The van der Waals surface area contributed by atoms with Crippen LogP contribution in [0, 0.1) is 11.3 Å². The molecule has 23 heavy (non-hydrogen) atoms. The molecule has 0 bridgehead atoms. The van der Waals surface area contributed by atoms with E-state index in [1.54, 1.807) is 6.92 Å². The molecule has 2 heterocycles. The van der Waals surface area contributed by atoms with Gasteiger partial charge in [-0.25, -0.2) is 9.97 Å². The van der Waals surface area contributed by atoms with Gasteiger partial charge < -0.3 is 10.0 Å². The van der Waals surface area contributed by atoms with E-state index in [-0.39, 0.29) is 17.1 Å². The average Bonchev–Trinajstić information content (AvgIpc) is 2.55. The van der Waals surface area contributed by atoms with Gasteiger partial charge in [0.2, 0.25) is 5.91 Å². The van der Waals surface area contributed by atoms with E-state index in [9.17, 15) is 9.59 Å². The molecule has 1 aliphatic rings. The highest BCUT2D eigenvalue weighted by molar-refractivity contribution is 5.96. The Balaban J connectivity index is 2.11. The lowest BCUT2D eigenvalue weighted by atomic mass is 9.67. The molecule has 6 nitrogen and oxygen atoms in total. The van der Waals surface area contributed by atoms with E-state index in [0.29, 0.717) is 17.3 Å². The van der Waals surface area contributed by atoms with Gasteiger partial charge in [-0.1, -0.05) is 13.8 Å². The molecule has 0 saturated carbocycles. The number of aromatic nitrogens is 2. The first kappa shape index (κ1) is 17.5. The molecule has 1 aromatic heterocycles. The first-order chi connectivity index (χ1) is 10.9. The first-order valence-corrected chi connectivity index (χ1v) is 8.08. The lowest BCUT2D eigenvalue weighted by Gasteiger charge is -2.44. The van der Waals surface area contributed by atoms with Crippen molar-refractivity contribution in [3.8, 4) is 0 Å². The van der Waals surface area contributed by atoms with E-state index in [4.69, 9.17) is 5.11 Å². The number of carbonyl (C=O) groups excluding carboxylic acids is 2. The molecule has 126 valence electrons. The number of hydrogen-bond donors (Lipinski definition) is 1. The summed E-state index contributed by atoms with van der Waals surface area (Å²) in [7, 11) is 0. The fourth-order valence-electron chi connectivity index (χ4n) is 3.22. The summed E-state index contributed by atoms with van der Waals surface area (Å²) in [4.78, 5) is 33.4. The normalized spacial score (nSPS) is 17.3. The predicted molar refractivity (Wildman–Crippen MR) is 85.9 cm³/mol. The Morgan fingerprint density at radius 3 is 2.26 bits per heavy atom. The topological polar surface area (TPSA) is 83.4 Å². The Labute approximate surface area is 136 Å². The van der Waals surface area contributed by atoms with Crippen LogP contribution in [0.5, 0.6) is 0 Å². The Kier molecular flexibility index (Phi) is 5.46. The van der Waals surface area contributed by atoms with Crippen molar-refractivity contribution in [3.63, 3.8) is 0 Å². The van der Waals surface area contributed by atoms with Gasteiger partial charge >= 0.3 is 0 Å². The molecule has 6 heteroatoms. The molecule has 0 atom stereocenters. The second-order valence-corrected chi connectivity index (χ2v) is 6.67. The Morgan fingerprint density at radius 1 is 1.26 bits per heavy atom. The third-order valence-electron chi connectivity index (χ3n) is 5.11. The van der Waals surface area contributed by atoms with E-state index < -0.39 is 6.61 Å². The zero-order valence-corrected chi connectivity index (χ0v) is 14.1. The second-order valence-electron chi connectivity index (χ2n) is 6.67. The number of aliphatic hydroxyl groups excluding tert-OH is 1. The number of carbonyl (C=O) groups is 2. The van der Waals surface area contributed by atoms with Crippen LogP contribution in [0.4, 0.5) is 0 Å². The van der Waals surface area contributed by atoms with Gasteiger partial charge in [-0.05, 0) is 24.2 Å². The number of amides is 1. The highest BCUT2D eigenvalue weighted by Crippen LogP contribution is 2.41. The molecule has 0 aromatic carbocycles. The molecule has 2 rings (SSSR count). The molecule has 0 aliphatic carbocycles. The highest BCUT2D eigenvalue weighted by Gasteiger charge is 2.38. The van der Waals surface area contributed by atoms with Crippen LogP contribution in [-0.4, -0.2) is 51.4 Å². The average molecular weight is 319 g/mol. The van der Waals surface area contributed by atoms with Crippen molar-refractivity contribution in [2.75, 3.05) is 19.7 Å². The first-order valence-electron chi connectivity index (χ1n) is 8.08.